The first-order valence-electron chi connectivity index (χ1n) is 3.59. The first-order chi connectivity index (χ1) is 4.88. The second-order valence-corrected chi connectivity index (χ2v) is 3.81. The molecule has 0 radical (unpaired) electrons. The van der Waals surface area contributed by atoms with Crippen LogP contribution in [0.25, 0.3) is 0 Å². The molecule has 0 unspecified atom stereocenters. The van der Waals surface area contributed by atoms with Crippen LogP contribution in [0.2, 0.25) is 0 Å². The first-order valence-corrected chi connectivity index (χ1v) is 4.58. The summed E-state index contributed by atoms with van der Waals surface area (Å²) in [6, 6.07) is 8.69. The van der Waals surface area contributed by atoms with Gasteiger partial charge in [-0.1, -0.05) is 25.1 Å². The minimum atomic E-state index is 0.765. The van der Waals surface area contributed by atoms with Crippen molar-refractivity contribution in [3.8, 4) is 0 Å². The normalized spacial score (nSPS) is 22.7. The van der Waals surface area contributed by atoms with E-state index in [-0.39, 0.29) is 0 Å². The average Bonchev–Trinajstić information content (AvgIpc) is 2.34. The predicted octanol–water partition coefficient (Wildman–Crippen LogP) is 2.90. The molecule has 10 heavy (non-hydrogen) atoms. The molecular weight excluding hydrogens is 140 g/mol. The van der Waals surface area contributed by atoms with Crippen molar-refractivity contribution in [2.75, 3.05) is 5.75 Å². The zero-order valence-electron chi connectivity index (χ0n) is 6.00. The first kappa shape index (κ1) is 6.29. The van der Waals surface area contributed by atoms with Crippen LogP contribution < -0.4 is 0 Å². The molecule has 1 aromatic carbocycles. The Kier molecular flexibility index (Phi) is 1.46. The summed E-state index contributed by atoms with van der Waals surface area (Å²) < 4.78 is 0. The molecule has 0 amide bonds. The van der Waals surface area contributed by atoms with Gasteiger partial charge in [0.15, 0.2) is 0 Å². The lowest BCUT2D eigenvalue weighted by atomic mass is 10.0. The van der Waals surface area contributed by atoms with Gasteiger partial charge in [-0.3, -0.25) is 0 Å². The van der Waals surface area contributed by atoms with E-state index in [0.29, 0.717) is 0 Å². The highest BCUT2D eigenvalue weighted by molar-refractivity contribution is 7.99. The third-order valence-corrected chi connectivity index (χ3v) is 3.29. The molecule has 1 aliphatic heterocycles. The van der Waals surface area contributed by atoms with Gasteiger partial charge in [-0.15, -0.1) is 11.8 Å². The summed E-state index contributed by atoms with van der Waals surface area (Å²) in [6.07, 6.45) is 0. The van der Waals surface area contributed by atoms with E-state index in [1.165, 1.54) is 16.2 Å². The number of rotatable bonds is 0. The molecule has 0 spiro atoms. The van der Waals surface area contributed by atoms with E-state index in [0.717, 1.165) is 5.92 Å². The van der Waals surface area contributed by atoms with Gasteiger partial charge in [0.05, 0.1) is 0 Å². The fraction of sp³-hybridized carbons (Fsp3) is 0.333. The molecule has 0 N–H and O–H groups in total. The van der Waals surface area contributed by atoms with Gasteiger partial charge in [0.25, 0.3) is 0 Å². The largest absolute Gasteiger partial charge is 0.125 e. The minimum Gasteiger partial charge on any atom is -0.125 e. The molecule has 1 heteroatoms. The minimum absolute atomic E-state index is 0.765. The van der Waals surface area contributed by atoms with Crippen molar-refractivity contribution < 1.29 is 0 Å². The Morgan fingerprint density at radius 2 is 2.20 bits per heavy atom. The van der Waals surface area contributed by atoms with E-state index >= 15 is 0 Å². The van der Waals surface area contributed by atoms with E-state index < -0.39 is 0 Å². The van der Waals surface area contributed by atoms with Crippen LogP contribution in [0, 0.1) is 0 Å². The van der Waals surface area contributed by atoms with Crippen LogP contribution in [-0.4, -0.2) is 5.75 Å². The Morgan fingerprint density at radius 3 is 3.00 bits per heavy atom. The highest BCUT2D eigenvalue weighted by atomic mass is 32.2. The zero-order valence-corrected chi connectivity index (χ0v) is 6.82. The summed E-state index contributed by atoms with van der Waals surface area (Å²) >= 11 is 1.98. The van der Waals surface area contributed by atoms with Gasteiger partial charge >= 0.3 is 0 Å². The van der Waals surface area contributed by atoms with E-state index in [1.807, 2.05) is 11.8 Å². The SMILES string of the molecule is C[C@@H]1CSc2ccccc21. The molecule has 0 nitrogen and oxygen atoms in total. The summed E-state index contributed by atoms with van der Waals surface area (Å²) in [6.45, 7) is 2.29. The third kappa shape index (κ3) is 0.853. The van der Waals surface area contributed by atoms with Crippen LogP contribution in [0.15, 0.2) is 29.2 Å². The molecule has 0 saturated heterocycles. The van der Waals surface area contributed by atoms with Crippen LogP contribution in [0.4, 0.5) is 0 Å². The Bertz CT molecular complexity index is 242. The van der Waals surface area contributed by atoms with Crippen molar-refractivity contribution in [3.63, 3.8) is 0 Å². The molecule has 1 aliphatic rings. The highest BCUT2D eigenvalue weighted by Crippen LogP contribution is 2.38. The Morgan fingerprint density at radius 1 is 1.40 bits per heavy atom. The number of thioether (sulfide) groups is 1. The van der Waals surface area contributed by atoms with Gasteiger partial charge in [-0.25, -0.2) is 0 Å². The standard InChI is InChI=1S/C9H10S/c1-7-6-10-9-5-3-2-4-8(7)9/h2-5,7H,6H2,1H3/t7-/m1/s1. The lowest BCUT2D eigenvalue weighted by molar-refractivity contribution is 0.882. The monoisotopic (exact) mass is 150 g/mol. The quantitative estimate of drug-likeness (QED) is 0.548. The summed E-state index contributed by atoms with van der Waals surface area (Å²) in [5, 5.41) is 0. The summed E-state index contributed by atoms with van der Waals surface area (Å²) in [5.41, 5.74) is 1.53. The molecule has 0 aromatic heterocycles. The fourth-order valence-corrected chi connectivity index (χ4v) is 2.54. The zero-order chi connectivity index (χ0) is 6.97. The summed E-state index contributed by atoms with van der Waals surface area (Å²) in [7, 11) is 0. The van der Waals surface area contributed by atoms with Crippen LogP contribution in [-0.2, 0) is 0 Å². The molecule has 1 atom stereocenters. The molecule has 1 heterocycles. The highest BCUT2D eigenvalue weighted by Gasteiger charge is 2.17. The third-order valence-electron chi connectivity index (χ3n) is 1.94. The van der Waals surface area contributed by atoms with Crippen molar-refractivity contribution in [2.45, 2.75) is 17.7 Å². The fourth-order valence-electron chi connectivity index (χ4n) is 1.32. The molecule has 52 valence electrons. The summed E-state index contributed by atoms with van der Waals surface area (Å²) in [5.74, 6) is 2.03. The number of fused-ring (bicyclic) bond motifs is 1. The van der Waals surface area contributed by atoms with Gasteiger partial charge in [-0.2, -0.15) is 0 Å². The van der Waals surface area contributed by atoms with E-state index in [9.17, 15) is 0 Å². The molecule has 0 fully saturated rings. The predicted molar refractivity (Wildman–Crippen MR) is 45.6 cm³/mol. The molecule has 1 aromatic rings. The van der Waals surface area contributed by atoms with Gasteiger partial charge in [0, 0.05) is 10.6 Å². The Hall–Kier alpha value is -0.430. The lowest BCUT2D eigenvalue weighted by Crippen LogP contribution is -1.87. The van der Waals surface area contributed by atoms with Gasteiger partial charge in [0.1, 0.15) is 0 Å². The van der Waals surface area contributed by atoms with Gasteiger partial charge < -0.3 is 0 Å². The number of hydrogen-bond acceptors (Lipinski definition) is 1. The van der Waals surface area contributed by atoms with E-state index in [4.69, 9.17) is 0 Å². The molecule has 0 saturated carbocycles. The van der Waals surface area contributed by atoms with Crippen molar-refractivity contribution in [1.82, 2.24) is 0 Å². The lowest BCUT2D eigenvalue weighted by Gasteiger charge is -1.99. The second kappa shape index (κ2) is 2.31. The number of benzene rings is 1. The molecule has 0 aliphatic carbocycles. The van der Waals surface area contributed by atoms with Crippen molar-refractivity contribution in [2.24, 2.45) is 0 Å². The van der Waals surface area contributed by atoms with Gasteiger partial charge in [0.2, 0.25) is 0 Å². The van der Waals surface area contributed by atoms with Crippen LogP contribution in [0.5, 0.6) is 0 Å². The maximum Gasteiger partial charge on any atom is 0.0107 e. The van der Waals surface area contributed by atoms with Crippen LogP contribution in [0.1, 0.15) is 18.4 Å². The molecular formula is C9H10S. The number of hydrogen-bond donors (Lipinski definition) is 0. The van der Waals surface area contributed by atoms with Crippen molar-refractivity contribution in [1.29, 1.82) is 0 Å². The second-order valence-electron chi connectivity index (χ2n) is 2.75. The molecule has 0 bridgehead atoms. The Labute approximate surface area is 65.6 Å². The van der Waals surface area contributed by atoms with E-state index in [1.54, 1.807) is 0 Å². The maximum absolute atomic E-state index is 2.29. The Balaban J connectivity index is 2.51. The van der Waals surface area contributed by atoms with Crippen LogP contribution in [0.3, 0.4) is 0 Å². The molecule has 2 rings (SSSR count). The van der Waals surface area contributed by atoms with E-state index in [2.05, 4.69) is 31.2 Å². The smallest absolute Gasteiger partial charge is 0.0107 e. The van der Waals surface area contributed by atoms with Gasteiger partial charge in [-0.05, 0) is 17.5 Å². The van der Waals surface area contributed by atoms with Crippen LogP contribution >= 0.6 is 11.8 Å². The van der Waals surface area contributed by atoms with Crippen molar-refractivity contribution >= 4 is 11.8 Å². The summed E-state index contributed by atoms with van der Waals surface area (Å²) in [4.78, 5) is 1.48. The average molecular weight is 150 g/mol. The topological polar surface area (TPSA) is 0 Å². The van der Waals surface area contributed by atoms with Crippen molar-refractivity contribution in [3.05, 3.63) is 29.8 Å². The maximum atomic E-state index is 2.29.